The predicted octanol–water partition coefficient (Wildman–Crippen LogP) is 5.99. The molecule has 2 aromatic heterocycles. The van der Waals surface area contributed by atoms with Gasteiger partial charge in [-0.15, -0.1) is 11.3 Å². The van der Waals surface area contributed by atoms with Crippen LogP contribution in [0.5, 0.6) is 0 Å². The molecule has 0 fully saturated rings. The zero-order valence-electron chi connectivity index (χ0n) is 17.5. The van der Waals surface area contributed by atoms with E-state index in [9.17, 15) is 9.59 Å². The first-order valence-corrected chi connectivity index (χ1v) is 11.2. The highest BCUT2D eigenvalue weighted by atomic mass is 35.5. The average molecular weight is 452 g/mol. The standard InChI is InChI=1S/C24H22ClN3O2S/c1-4-19(22(29)27-18-12-17(25)11-10-14(18)2)28-13-26-23-21(24(28)30)20(15(3)31-23)16-8-6-5-7-9-16/h5-13,19H,4H2,1-3H3,(H,27,29). The van der Waals surface area contributed by atoms with E-state index in [4.69, 9.17) is 11.6 Å². The maximum absolute atomic E-state index is 13.5. The lowest BCUT2D eigenvalue weighted by molar-refractivity contribution is -0.119. The zero-order chi connectivity index (χ0) is 22.1. The molecule has 0 bridgehead atoms. The summed E-state index contributed by atoms with van der Waals surface area (Å²) in [6.45, 7) is 5.76. The summed E-state index contributed by atoms with van der Waals surface area (Å²) in [5.41, 5.74) is 3.17. The van der Waals surface area contributed by atoms with Crippen LogP contribution in [0.25, 0.3) is 21.3 Å². The number of aryl methyl sites for hydroxylation is 2. The third-order valence-electron chi connectivity index (χ3n) is 5.36. The molecule has 0 aliphatic heterocycles. The summed E-state index contributed by atoms with van der Waals surface area (Å²) >= 11 is 7.57. The van der Waals surface area contributed by atoms with Crippen LogP contribution in [0.15, 0.2) is 59.7 Å². The maximum Gasteiger partial charge on any atom is 0.263 e. The lowest BCUT2D eigenvalue weighted by Crippen LogP contribution is -2.33. The van der Waals surface area contributed by atoms with E-state index in [1.807, 2.05) is 57.2 Å². The van der Waals surface area contributed by atoms with E-state index in [0.29, 0.717) is 27.3 Å². The van der Waals surface area contributed by atoms with Crippen LogP contribution >= 0.6 is 22.9 Å². The molecule has 2 aromatic carbocycles. The lowest BCUT2D eigenvalue weighted by atomic mass is 10.0. The van der Waals surface area contributed by atoms with E-state index in [0.717, 1.165) is 21.6 Å². The topological polar surface area (TPSA) is 64.0 Å². The fraction of sp³-hybridized carbons (Fsp3) is 0.208. The van der Waals surface area contributed by atoms with Gasteiger partial charge in [-0.25, -0.2) is 4.98 Å². The molecule has 0 radical (unpaired) electrons. The molecule has 1 amide bonds. The summed E-state index contributed by atoms with van der Waals surface area (Å²) in [5, 5.41) is 4.01. The monoisotopic (exact) mass is 451 g/mol. The van der Waals surface area contributed by atoms with E-state index in [1.54, 1.807) is 12.1 Å². The second-order valence-electron chi connectivity index (χ2n) is 7.41. The van der Waals surface area contributed by atoms with Gasteiger partial charge in [-0.05, 0) is 43.5 Å². The smallest absolute Gasteiger partial charge is 0.263 e. The van der Waals surface area contributed by atoms with Crippen molar-refractivity contribution in [3.63, 3.8) is 0 Å². The van der Waals surface area contributed by atoms with Crippen molar-refractivity contribution in [2.45, 2.75) is 33.2 Å². The number of carbonyl (C=O) groups excluding carboxylic acids is 1. The third-order valence-corrected chi connectivity index (χ3v) is 6.61. The molecular weight excluding hydrogens is 430 g/mol. The fourth-order valence-electron chi connectivity index (χ4n) is 3.74. The Bertz CT molecular complexity index is 1330. The van der Waals surface area contributed by atoms with Crippen LogP contribution < -0.4 is 10.9 Å². The van der Waals surface area contributed by atoms with Crippen molar-refractivity contribution in [3.8, 4) is 11.1 Å². The number of halogens is 1. The molecule has 158 valence electrons. The molecule has 2 heterocycles. The highest BCUT2D eigenvalue weighted by molar-refractivity contribution is 7.19. The Morgan fingerprint density at radius 2 is 1.94 bits per heavy atom. The first-order chi connectivity index (χ1) is 14.9. The minimum Gasteiger partial charge on any atom is -0.324 e. The molecule has 0 saturated carbocycles. The van der Waals surface area contributed by atoms with Gasteiger partial charge in [0.25, 0.3) is 5.56 Å². The van der Waals surface area contributed by atoms with Crippen molar-refractivity contribution in [3.05, 3.63) is 80.7 Å². The van der Waals surface area contributed by atoms with Crippen molar-refractivity contribution in [2.24, 2.45) is 0 Å². The van der Waals surface area contributed by atoms with Gasteiger partial charge >= 0.3 is 0 Å². The van der Waals surface area contributed by atoms with Crippen molar-refractivity contribution < 1.29 is 4.79 Å². The van der Waals surface area contributed by atoms with Crippen molar-refractivity contribution in [1.82, 2.24) is 9.55 Å². The molecule has 0 aliphatic rings. The molecule has 1 N–H and O–H groups in total. The Labute approximate surface area is 189 Å². The van der Waals surface area contributed by atoms with Crippen LogP contribution in [0.2, 0.25) is 5.02 Å². The summed E-state index contributed by atoms with van der Waals surface area (Å²) < 4.78 is 1.44. The van der Waals surface area contributed by atoms with Crippen LogP contribution in [0, 0.1) is 13.8 Å². The van der Waals surface area contributed by atoms with E-state index in [2.05, 4.69) is 10.3 Å². The Balaban J connectivity index is 1.79. The van der Waals surface area contributed by atoms with E-state index >= 15 is 0 Å². The molecule has 0 aliphatic carbocycles. The van der Waals surface area contributed by atoms with Gasteiger partial charge in [-0.2, -0.15) is 0 Å². The predicted molar refractivity (Wildman–Crippen MR) is 128 cm³/mol. The van der Waals surface area contributed by atoms with Crippen molar-refractivity contribution >= 4 is 44.7 Å². The first-order valence-electron chi connectivity index (χ1n) is 10.0. The number of hydrogen-bond acceptors (Lipinski definition) is 4. The maximum atomic E-state index is 13.5. The number of fused-ring (bicyclic) bond motifs is 1. The average Bonchev–Trinajstić information content (AvgIpc) is 3.10. The van der Waals surface area contributed by atoms with E-state index in [-0.39, 0.29) is 11.5 Å². The number of aromatic nitrogens is 2. The molecule has 5 nitrogen and oxygen atoms in total. The van der Waals surface area contributed by atoms with Crippen LogP contribution in [-0.4, -0.2) is 15.5 Å². The second-order valence-corrected chi connectivity index (χ2v) is 9.05. The zero-order valence-corrected chi connectivity index (χ0v) is 19.1. The Kier molecular flexibility index (Phi) is 5.94. The normalized spacial score (nSPS) is 12.1. The summed E-state index contributed by atoms with van der Waals surface area (Å²) in [4.78, 5) is 32.9. The highest BCUT2D eigenvalue weighted by Crippen LogP contribution is 2.35. The summed E-state index contributed by atoms with van der Waals surface area (Å²) in [7, 11) is 0. The molecule has 0 saturated heterocycles. The van der Waals surface area contributed by atoms with E-state index < -0.39 is 6.04 Å². The van der Waals surface area contributed by atoms with Gasteiger partial charge in [-0.1, -0.05) is 54.9 Å². The van der Waals surface area contributed by atoms with Crippen LogP contribution in [-0.2, 0) is 4.79 Å². The van der Waals surface area contributed by atoms with E-state index in [1.165, 1.54) is 22.2 Å². The minimum atomic E-state index is -0.688. The first kappa shape index (κ1) is 21.3. The number of nitrogens with zero attached hydrogens (tertiary/aromatic N) is 2. The number of carbonyl (C=O) groups is 1. The highest BCUT2D eigenvalue weighted by Gasteiger charge is 2.24. The number of amides is 1. The van der Waals surface area contributed by atoms with Crippen LogP contribution in [0.1, 0.15) is 29.8 Å². The fourth-order valence-corrected chi connectivity index (χ4v) is 4.92. The number of anilines is 1. The summed E-state index contributed by atoms with van der Waals surface area (Å²) in [6.07, 6.45) is 1.93. The molecule has 4 rings (SSSR count). The number of thiophene rings is 1. The Morgan fingerprint density at radius 3 is 2.65 bits per heavy atom. The molecule has 1 atom stereocenters. The van der Waals surface area contributed by atoms with Crippen LogP contribution in [0.4, 0.5) is 5.69 Å². The van der Waals surface area contributed by atoms with Gasteiger partial charge in [0, 0.05) is 21.2 Å². The third kappa shape index (κ3) is 4.01. The largest absolute Gasteiger partial charge is 0.324 e. The number of hydrogen-bond donors (Lipinski definition) is 1. The molecule has 7 heteroatoms. The number of rotatable bonds is 5. The molecular formula is C24H22ClN3O2S. The molecule has 0 spiro atoms. The van der Waals surface area contributed by atoms with Crippen LogP contribution in [0.3, 0.4) is 0 Å². The van der Waals surface area contributed by atoms with Gasteiger partial charge in [0.2, 0.25) is 5.91 Å². The van der Waals surface area contributed by atoms with Gasteiger partial charge in [0.05, 0.1) is 11.7 Å². The minimum absolute atomic E-state index is 0.210. The van der Waals surface area contributed by atoms with Gasteiger partial charge in [-0.3, -0.25) is 14.2 Å². The van der Waals surface area contributed by atoms with Gasteiger partial charge < -0.3 is 5.32 Å². The number of nitrogens with one attached hydrogen (secondary N) is 1. The summed E-state index contributed by atoms with van der Waals surface area (Å²) in [5.74, 6) is -0.274. The SMILES string of the molecule is CCC(C(=O)Nc1cc(Cl)ccc1C)n1cnc2sc(C)c(-c3ccccc3)c2c1=O. The molecule has 4 aromatic rings. The lowest BCUT2D eigenvalue weighted by Gasteiger charge is -2.18. The van der Waals surface area contributed by atoms with Gasteiger partial charge in [0.1, 0.15) is 10.9 Å². The van der Waals surface area contributed by atoms with Gasteiger partial charge in [0.15, 0.2) is 0 Å². The Hall–Kier alpha value is -2.96. The Morgan fingerprint density at radius 1 is 1.19 bits per heavy atom. The van der Waals surface area contributed by atoms with Crippen molar-refractivity contribution in [2.75, 3.05) is 5.32 Å². The quantitative estimate of drug-likeness (QED) is 0.405. The molecule has 1 unspecified atom stereocenters. The molecule has 31 heavy (non-hydrogen) atoms. The van der Waals surface area contributed by atoms with Crippen molar-refractivity contribution in [1.29, 1.82) is 0 Å². The second kappa shape index (κ2) is 8.65. The summed E-state index contributed by atoms with van der Waals surface area (Å²) in [6, 6.07) is 14.4. The number of benzene rings is 2.